The summed E-state index contributed by atoms with van der Waals surface area (Å²) in [6, 6.07) is 12.3. The fourth-order valence-electron chi connectivity index (χ4n) is 5.73. The molecule has 0 aliphatic carbocycles. The maximum atomic E-state index is 13.1. The van der Waals surface area contributed by atoms with Crippen molar-refractivity contribution in [2.24, 2.45) is 0 Å². The van der Waals surface area contributed by atoms with Crippen LogP contribution in [-0.4, -0.2) is 41.6 Å². The Hall–Kier alpha value is -2.58. The molecule has 1 atom stereocenters. The molecule has 0 fully saturated rings. The molecule has 0 saturated carbocycles. The van der Waals surface area contributed by atoms with Crippen LogP contribution >= 0.6 is 0 Å². The van der Waals surface area contributed by atoms with Gasteiger partial charge in [-0.25, -0.2) is 9.52 Å². The van der Waals surface area contributed by atoms with Crippen molar-refractivity contribution in [2.75, 3.05) is 36.4 Å². The van der Waals surface area contributed by atoms with Crippen LogP contribution in [0.5, 0.6) is 0 Å². The molecule has 8 heteroatoms. The van der Waals surface area contributed by atoms with Crippen LogP contribution < -0.4 is 19.2 Å². The van der Waals surface area contributed by atoms with Gasteiger partial charge in [0.1, 0.15) is 0 Å². The summed E-state index contributed by atoms with van der Waals surface area (Å²) in [7, 11) is -0.533. The third-order valence-electron chi connectivity index (χ3n) is 7.44. The molecular weight excluding hydrogens is 460 g/mol. The third-order valence-corrected chi connectivity index (χ3v) is 8.87. The minimum atomic E-state index is -3.66. The van der Waals surface area contributed by atoms with E-state index in [1.165, 1.54) is 12.6 Å². The van der Waals surface area contributed by atoms with Crippen molar-refractivity contribution < 1.29 is 13.2 Å². The number of urea groups is 1. The Morgan fingerprint density at radius 1 is 1.00 bits per heavy atom. The Morgan fingerprint density at radius 2 is 1.66 bits per heavy atom. The molecule has 0 saturated heterocycles. The van der Waals surface area contributed by atoms with Gasteiger partial charge in [0.25, 0.3) is 0 Å². The second-order valence-corrected chi connectivity index (χ2v) is 13.1. The van der Waals surface area contributed by atoms with Gasteiger partial charge in [0, 0.05) is 33.1 Å². The lowest BCUT2D eigenvalue weighted by Gasteiger charge is -2.33. The Labute approximate surface area is 210 Å². The van der Waals surface area contributed by atoms with Gasteiger partial charge in [0.2, 0.25) is 0 Å². The minimum Gasteiger partial charge on any atom is -0.341 e. The van der Waals surface area contributed by atoms with Crippen LogP contribution in [0.25, 0.3) is 0 Å². The maximum absolute atomic E-state index is 13.1. The number of benzene rings is 2. The zero-order chi connectivity index (χ0) is 25.8. The molecule has 2 heterocycles. The normalized spacial score (nSPS) is 18.0. The number of rotatable bonds is 5. The highest BCUT2D eigenvalue weighted by Crippen LogP contribution is 2.50. The first-order chi connectivity index (χ1) is 16.3. The topological polar surface area (TPSA) is 81.8 Å². The number of nitrogens with zero attached hydrogens (tertiary/aromatic N) is 2. The van der Waals surface area contributed by atoms with E-state index in [0.29, 0.717) is 13.1 Å². The van der Waals surface area contributed by atoms with Crippen molar-refractivity contribution in [2.45, 2.75) is 64.2 Å². The number of amides is 2. The summed E-state index contributed by atoms with van der Waals surface area (Å²) in [5.74, 6) is 0.0242. The summed E-state index contributed by atoms with van der Waals surface area (Å²) in [4.78, 5) is 14.5. The van der Waals surface area contributed by atoms with E-state index in [2.05, 4.69) is 68.9 Å². The highest BCUT2D eigenvalue weighted by molar-refractivity contribution is 7.90. The van der Waals surface area contributed by atoms with E-state index in [1.807, 2.05) is 17.0 Å². The predicted octanol–water partition coefficient (Wildman–Crippen LogP) is 4.42. The average Bonchev–Trinajstić information content (AvgIpc) is 3.39. The zero-order valence-electron chi connectivity index (χ0n) is 21.9. The first kappa shape index (κ1) is 25.5. The number of carbonyl (C=O) groups excluding carboxylic acids is 1. The molecule has 190 valence electrons. The Balaban J connectivity index is 1.78. The largest absolute Gasteiger partial charge is 0.341 e. The number of hydrogen-bond donors (Lipinski definition) is 2. The molecule has 2 aromatic rings. The number of anilines is 2. The SMILES string of the molecule is CNC(=O)N1CCc2cccc(C(C)(C)CC3CN(S(=O)(=O)NC)c4c3cccc4C(C)(C)C)c21. The van der Waals surface area contributed by atoms with Crippen LogP contribution in [0.2, 0.25) is 0 Å². The van der Waals surface area contributed by atoms with Crippen LogP contribution in [0.4, 0.5) is 16.2 Å². The fourth-order valence-corrected chi connectivity index (χ4v) is 6.77. The maximum Gasteiger partial charge on any atom is 0.321 e. The van der Waals surface area contributed by atoms with Gasteiger partial charge in [0.05, 0.1) is 11.4 Å². The first-order valence-electron chi connectivity index (χ1n) is 12.3. The third kappa shape index (κ3) is 4.42. The summed E-state index contributed by atoms with van der Waals surface area (Å²) in [5, 5.41) is 2.77. The second kappa shape index (κ2) is 8.82. The smallest absolute Gasteiger partial charge is 0.321 e. The highest BCUT2D eigenvalue weighted by atomic mass is 32.2. The first-order valence-corrected chi connectivity index (χ1v) is 13.7. The van der Waals surface area contributed by atoms with Gasteiger partial charge in [-0.1, -0.05) is 71.0 Å². The monoisotopic (exact) mass is 498 g/mol. The molecule has 2 aliphatic rings. The van der Waals surface area contributed by atoms with E-state index in [4.69, 9.17) is 0 Å². The Bertz CT molecular complexity index is 1250. The van der Waals surface area contributed by atoms with Crippen molar-refractivity contribution >= 4 is 27.6 Å². The molecule has 4 rings (SSSR count). The van der Waals surface area contributed by atoms with Crippen molar-refractivity contribution in [3.8, 4) is 0 Å². The van der Waals surface area contributed by atoms with Gasteiger partial charge in [0.15, 0.2) is 0 Å². The lowest BCUT2D eigenvalue weighted by atomic mass is 9.74. The zero-order valence-corrected chi connectivity index (χ0v) is 22.7. The van der Waals surface area contributed by atoms with Gasteiger partial charge in [-0.2, -0.15) is 8.42 Å². The average molecular weight is 499 g/mol. The predicted molar refractivity (Wildman–Crippen MR) is 143 cm³/mol. The summed E-state index contributed by atoms with van der Waals surface area (Å²) >= 11 is 0. The summed E-state index contributed by atoms with van der Waals surface area (Å²) < 4.78 is 30.3. The van der Waals surface area contributed by atoms with Crippen LogP contribution in [0.15, 0.2) is 36.4 Å². The van der Waals surface area contributed by atoms with Crippen molar-refractivity contribution in [1.82, 2.24) is 10.0 Å². The van der Waals surface area contributed by atoms with E-state index >= 15 is 0 Å². The molecule has 2 amide bonds. The Morgan fingerprint density at radius 3 is 2.29 bits per heavy atom. The Kier molecular flexibility index (Phi) is 6.43. The van der Waals surface area contributed by atoms with Gasteiger partial charge in [-0.15, -0.1) is 0 Å². The summed E-state index contributed by atoms with van der Waals surface area (Å²) in [5.41, 5.74) is 5.71. The molecule has 0 spiro atoms. The van der Waals surface area contributed by atoms with E-state index in [1.54, 1.807) is 11.4 Å². The lowest BCUT2D eigenvalue weighted by Crippen LogP contribution is -2.40. The lowest BCUT2D eigenvalue weighted by molar-refractivity contribution is 0.248. The van der Waals surface area contributed by atoms with Gasteiger partial charge < -0.3 is 5.32 Å². The second-order valence-electron chi connectivity index (χ2n) is 11.3. The van der Waals surface area contributed by atoms with Crippen molar-refractivity contribution in [1.29, 1.82) is 0 Å². The van der Waals surface area contributed by atoms with E-state index in [0.717, 1.165) is 40.9 Å². The van der Waals surface area contributed by atoms with Crippen LogP contribution in [0, 0.1) is 0 Å². The number of para-hydroxylation sites is 2. The molecule has 1 unspecified atom stereocenters. The standard InChI is InChI=1S/C27H38N4O3S/c1-26(2,3)21-12-9-11-20-19(17-31(24(20)21)35(33,34)29-7)16-27(4,5)22-13-8-10-18-14-15-30(23(18)22)25(32)28-6/h8-13,19,29H,14-17H2,1-7H3,(H,28,32). The minimum absolute atomic E-state index is 0.0242. The van der Waals surface area contributed by atoms with Crippen LogP contribution in [0.1, 0.15) is 69.2 Å². The molecule has 0 bridgehead atoms. The van der Waals surface area contributed by atoms with Crippen LogP contribution in [0.3, 0.4) is 0 Å². The van der Waals surface area contributed by atoms with Crippen LogP contribution in [-0.2, 0) is 27.5 Å². The molecule has 2 N–H and O–H groups in total. The van der Waals surface area contributed by atoms with Crippen molar-refractivity contribution in [3.05, 3.63) is 58.7 Å². The number of carbonyl (C=O) groups is 1. The summed E-state index contributed by atoms with van der Waals surface area (Å²) in [6.45, 7) is 11.8. The van der Waals surface area contributed by atoms with Crippen molar-refractivity contribution in [3.63, 3.8) is 0 Å². The van der Waals surface area contributed by atoms with E-state index in [-0.39, 0.29) is 22.8 Å². The molecular formula is C27H38N4O3S. The molecule has 2 aliphatic heterocycles. The molecule has 35 heavy (non-hydrogen) atoms. The molecule has 0 radical (unpaired) electrons. The van der Waals surface area contributed by atoms with E-state index < -0.39 is 10.2 Å². The summed E-state index contributed by atoms with van der Waals surface area (Å²) in [6.07, 6.45) is 1.59. The molecule has 7 nitrogen and oxygen atoms in total. The quantitative estimate of drug-likeness (QED) is 0.640. The molecule has 0 aromatic heterocycles. The molecule has 2 aromatic carbocycles. The van der Waals surface area contributed by atoms with Gasteiger partial charge in [-0.3, -0.25) is 9.21 Å². The van der Waals surface area contributed by atoms with Gasteiger partial charge in [-0.05, 0) is 45.9 Å². The number of hydrogen-bond acceptors (Lipinski definition) is 3. The number of nitrogens with one attached hydrogen (secondary N) is 2. The fraction of sp³-hybridized carbons (Fsp3) is 0.519. The van der Waals surface area contributed by atoms with Gasteiger partial charge >= 0.3 is 16.2 Å². The number of fused-ring (bicyclic) bond motifs is 2. The van der Waals surface area contributed by atoms with E-state index in [9.17, 15) is 13.2 Å². The highest BCUT2D eigenvalue weighted by Gasteiger charge is 2.42.